The average Bonchev–Trinajstić information content (AvgIpc) is 2.70. The Morgan fingerprint density at radius 3 is 2.03 bits per heavy atom. The molecule has 0 radical (unpaired) electrons. The van der Waals surface area contributed by atoms with Gasteiger partial charge in [-0.05, 0) is 23.8 Å². The minimum Gasteiger partial charge on any atom is -0.486 e. The van der Waals surface area contributed by atoms with Crippen molar-refractivity contribution in [1.29, 1.82) is 0 Å². The van der Waals surface area contributed by atoms with Crippen molar-refractivity contribution in [2.75, 3.05) is 0 Å². The molecule has 2 aromatic carbocycles. The molecule has 0 aliphatic heterocycles. The van der Waals surface area contributed by atoms with Crippen LogP contribution in [0.3, 0.4) is 0 Å². The van der Waals surface area contributed by atoms with Gasteiger partial charge >= 0.3 is 6.18 Å². The number of hydrogen-bond acceptors (Lipinski definition) is 2. The van der Waals surface area contributed by atoms with E-state index < -0.39 is 17.3 Å². The number of benzene rings is 2. The highest BCUT2D eigenvalue weighted by atomic mass is 19.4. The summed E-state index contributed by atoms with van der Waals surface area (Å²) in [6.45, 7) is 5.62. The van der Waals surface area contributed by atoms with E-state index in [0.29, 0.717) is 5.56 Å². The van der Waals surface area contributed by atoms with Gasteiger partial charge in [0.15, 0.2) is 5.75 Å². The predicted octanol–water partition coefficient (Wildman–Crippen LogP) is 6.38. The Hall–Kier alpha value is -3.26. The van der Waals surface area contributed by atoms with Gasteiger partial charge < -0.3 is 4.74 Å². The van der Waals surface area contributed by atoms with E-state index in [1.807, 2.05) is 48.5 Å². The second-order valence-corrected chi connectivity index (χ2v) is 7.87. The second kappa shape index (κ2) is 8.62. The molecule has 1 aromatic heterocycles. The summed E-state index contributed by atoms with van der Waals surface area (Å²) in [6.07, 6.45) is -4.58. The zero-order valence-electron chi connectivity index (χ0n) is 17.0. The number of halogens is 3. The summed E-state index contributed by atoms with van der Waals surface area (Å²) < 4.78 is 46.6. The van der Waals surface area contributed by atoms with Gasteiger partial charge in [-0.15, -0.1) is 0 Å². The van der Waals surface area contributed by atoms with Crippen LogP contribution in [0.5, 0.6) is 5.75 Å². The van der Waals surface area contributed by atoms with Crippen molar-refractivity contribution in [1.82, 2.24) is 4.98 Å². The monoisotopic (exact) mass is 409 g/mol. The molecule has 0 unspecified atom stereocenters. The van der Waals surface area contributed by atoms with Crippen molar-refractivity contribution in [2.45, 2.75) is 39.0 Å². The van der Waals surface area contributed by atoms with Crippen LogP contribution in [-0.4, -0.2) is 4.98 Å². The zero-order chi connectivity index (χ0) is 21.8. The van der Waals surface area contributed by atoms with Crippen LogP contribution in [0.2, 0.25) is 0 Å². The maximum atomic E-state index is 13.5. The molecular weight excluding hydrogens is 387 g/mol. The number of hydrogen-bond donors (Lipinski definition) is 0. The molecule has 0 N–H and O–H groups in total. The van der Waals surface area contributed by atoms with E-state index in [1.54, 1.807) is 32.9 Å². The van der Waals surface area contributed by atoms with Gasteiger partial charge in [-0.2, -0.15) is 13.2 Å². The Bertz CT molecular complexity index is 1060. The first-order valence-electron chi connectivity index (χ1n) is 9.51. The number of nitrogens with zero attached hydrogens (tertiary/aromatic N) is 1. The first-order chi connectivity index (χ1) is 14.1. The third-order valence-corrected chi connectivity index (χ3v) is 4.32. The van der Waals surface area contributed by atoms with Gasteiger partial charge in [0.05, 0.1) is 11.3 Å². The highest BCUT2D eigenvalue weighted by Gasteiger charge is 2.36. The molecule has 0 bridgehead atoms. The maximum Gasteiger partial charge on any atom is 0.433 e. The fraction of sp³-hybridized carbons (Fsp3) is 0.240. The lowest BCUT2D eigenvalue weighted by Gasteiger charge is -2.24. The lowest BCUT2D eigenvalue weighted by molar-refractivity contribution is -0.141. The summed E-state index contributed by atoms with van der Waals surface area (Å²) >= 11 is 0. The van der Waals surface area contributed by atoms with Crippen molar-refractivity contribution in [3.05, 3.63) is 94.8 Å². The number of alkyl halides is 3. The van der Waals surface area contributed by atoms with Gasteiger partial charge in [-0.25, -0.2) is 4.98 Å². The summed E-state index contributed by atoms with van der Waals surface area (Å²) in [5, 5.41) is 0. The highest BCUT2D eigenvalue weighted by Crippen LogP contribution is 2.37. The Labute approximate surface area is 174 Å². The van der Waals surface area contributed by atoms with Crippen LogP contribution in [0.1, 0.15) is 48.8 Å². The Morgan fingerprint density at radius 1 is 0.867 bits per heavy atom. The standard InChI is InChI=1S/C25H22F3NO/c1-24(2,3)23-22(30-17-19-12-8-5-9-13-19)20(16-21(29-23)25(26,27)28)15-14-18-10-6-4-7-11-18/h4-13,16H,17H2,1-3H3. The summed E-state index contributed by atoms with van der Waals surface area (Å²) in [5.74, 6) is 6.09. The molecule has 0 amide bonds. The summed E-state index contributed by atoms with van der Waals surface area (Å²) in [7, 11) is 0. The highest BCUT2D eigenvalue weighted by molar-refractivity contribution is 5.54. The lowest BCUT2D eigenvalue weighted by Crippen LogP contribution is -2.20. The zero-order valence-corrected chi connectivity index (χ0v) is 17.0. The molecule has 3 rings (SSSR count). The Kier molecular flexibility index (Phi) is 6.17. The second-order valence-electron chi connectivity index (χ2n) is 7.87. The number of rotatable bonds is 3. The van der Waals surface area contributed by atoms with Gasteiger partial charge in [0.1, 0.15) is 12.3 Å². The van der Waals surface area contributed by atoms with Gasteiger partial charge in [0.2, 0.25) is 0 Å². The molecule has 0 atom stereocenters. The van der Waals surface area contributed by atoms with Crippen LogP contribution in [0.4, 0.5) is 13.2 Å². The quantitative estimate of drug-likeness (QED) is 0.469. The van der Waals surface area contributed by atoms with E-state index in [2.05, 4.69) is 16.8 Å². The molecule has 30 heavy (non-hydrogen) atoms. The van der Waals surface area contributed by atoms with Gasteiger partial charge in [-0.3, -0.25) is 0 Å². The van der Waals surface area contributed by atoms with E-state index >= 15 is 0 Å². The summed E-state index contributed by atoms with van der Waals surface area (Å²) in [4.78, 5) is 3.93. The van der Waals surface area contributed by atoms with Gasteiger partial charge in [0.25, 0.3) is 0 Å². The Balaban J connectivity index is 2.13. The van der Waals surface area contributed by atoms with Crippen molar-refractivity contribution in [3.8, 4) is 17.6 Å². The van der Waals surface area contributed by atoms with Crippen molar-refractivity contribution >= 4 is 0 Å². The third-order valence-electron chi connectivity index (χ3n) is 4.32. The fourth-order valence-corrected chi connectivity index (χ4v) is 2.82. The van der Waals surface area contributed by atoms with Crippen molar-refractivity contribution < 1.29 is 17.9 Å². The van der Waals surface area contributed by atoms with E-state index in [9.17, 15) is 13.2 Å². The first-order valence-corrected chi connectivity index (χ1v) is 9.51. The topological polar surface area (TPSA) is 22.1 Å². The molecule has 0 saturated carbocycles. The van der Waals surface area contributed by atoms with Gasteiger partial charge in [-0.1, -0.05) is 81.1 Å². The molecule has 2 nitrogen and oxygen atoms in total. The van der Waals surface area contributed by atoms with Crippen LogP contribution < -0.4 is 4.74 Å². The van der Waals surface area contributed by atoms with E-state index in [0.717, 1.165) is 11.6 Å². The number of aromatic nitrogens is 1. The van der Waals surface area contributed by atoms with E-state index in [1.165, 1.54) is 0 Å². The first kappa shape index (κ1) is 21.4. The average molecular weight is 409 g/mol. The SMILES string of the molecule is CC(C)(C)c1nc(C(F)(F)F)cc(C#Cc2ccccc2)c1OCc1ccccc1. The molecule has 0 aliphatic carbocycles. The molecule has 0 spiro atoms. The minimum absolute atomic E-state index is 0.169. The van der Waals surface area contributed by atoms with Crippen LogP contribution in [0.15, 0.2) is 66.7 Å². The molecule has 0 saturated heterocycles. The van der Waals surface area contributed by atoms with Crippen LogP contribution in [0.25, 0.3) is 0 Å². The summed E-state index contributed by atoms with van der Waals surface area (Å²) in [5.41, 5.74) is 0.356. The van der Waals surface area contributed by atoms with Crippen LogP contribution in [-0.2, 0) is 18.2 Å². The van der Waals surface area contributed by atoms with E-state index in [-0.39, 0.29) is 23.6 Å². The molecular formula is C25H22F3NO. The largest absolute Gasteiger partial charge is 0.486 e. The molecule has 3 aromatic rings. The molecule has 0 fully saturated rings. The van der Waals surface area contributed by atoms with Crippen molar-refractivity contribution in [3.63, 3.8) is 0 Å². The van der Waals surface area contributed by atoms with Crippen molar-refractivity contribution in [2.24, 2.45) is 0 Å². The van der Waals surface area contributed by atoms with Crippen LogP contribution >= 0.6 is 0 Å². The third kappa shape index (κ3) is 5.42. The summed E-state index contributed by atoms with van der Waals surface area (Å²) in [6, 6.07) is 19.5. The fourth-order valence-electron chi connectivity index (χ4n) is 2.82. The number of pyridine rings is 1. The van der Waals surface area contributed by atoms with Crippen LogP contribution in [0, 0.1) is 11.8 Å². The molecule has 5 heteroatoms. The lowest BCUT2D eigenvalue weighted by atomic mass is 9.89. The molecule has 154 valence electrons. The normalized spacial score (nSPS) is 11.5. The van der Waals surface area contributed by atoms with E-state index in [4.69, 9.17) is 4.74 Å². The minimum atomic E-state index is -4.58. The Morgan fingerprint density at radius 2 is 1.47 bits per heavy atom. The van der Waals surface area contributed by atoms with Gasteiger partial charge in [0, 0.05) is 11.0 Å². The maximum absolute atomic E-state index is 13.5. The number of ether oxygens (including phenoxy) is 1. The molecule has 1 heterocycles. The molecule has 0 aliphatic rings. The predicted molar refractivity (Wildman–Crippen MR) is 111 cm³/mol. The smallest absolute Gasteiger partial charge is 0.433 e.